The van der Waals surface area contributed by atoms with Crippen molar-refractivity contribution in [2.45, 2.75) is 26.2 Å². The van der Waals surface area contributed by atoms with Crippen molar-refractivity contribution in [3.05, 3.63) is 42.2 Å². The minimum absolute atomic E-state index is 0.00807. The molecule has 3 rings (SSSR count). The van der Waals surface area contributed by atoms with Crippen LogP contribution < -0.4 is 0 Å². The Morgan fingerprint density at radius 3 is 2.81 bits per heavy atom. The first-order valence-electron chi connectivity index (χ1n) is 7.51. The summed E-state index contributed by atoms with van der Waals surface area (Å²) in [5.41, 5.74) is 1.29. The molecule has 0 saturated carbocycles. The molecule has 0 N–H and O–H groups in total. The van der Waals surface area contributed by atoms with E-state index in [1.165, 1.54) is 11.2 Å². The van der Waals surface area contributed by atoms with E-state index in [-0.39, 0.29) is 5.91 Å². The molecule has 0 unspecified atom stereocenters. The summed E-state index contributed by atoms with van der Waals surface area (Å²) in [7, 11) is 0. The van der Waals surface area contributed by atoms with Crippen LogP contribution in [0.3, 0.4) is 0 Å². The van der Waals surface area contributed by atoms with Crippen LogP contribution in [0.4, 0.5) is 0 Å². The molecule has 1 saturated heterocycles. The van der Waals surface area contributed by atoms with E-state index in [1.54, 1.807) is 6.20 Å². The highest BCUT2D eigenvalue weighted by Gasteiger charge is 2.22. The normalized spacial score (nSPS) is 19.3. The van der Waals surface area contributed by atoms with Crippen LogP contribution in [0, 0.1) is 5.92 Å². The van der Waals surface area contributed by atoms with Gasteiger partial charge in [0.15, 0.2) is 5.69 Å². The number of amides is 1. The first-order valence-corrected chi connectivity index (χ1v) is 7.51. The molecule has 1 fully saturated rings. The summed E-state index contributed by atoms with van der Waals surface area (Å²) in [6.07, 6.45) is 4.89. The summed E-state index contributed by atoms with van der Waals surface area (Å²) < 4.78 is 0. The van der Waals surface area contributed by atoms with Gasteiger partial charge in [-0.05, 0) is 37.3 Å². The highest BCUT2D eigenvalue weighted by Crippen LogP contribution is 2.17. The molecule has 0 bridgehead atoms. The third-order valence-electron chi connectivity index (χ3n) is 4.00. The van der Waals surface area contributed by atoms with Crippen LogP contribution in [0.5, 0.6) is 0 Å². The van der Waals surface area contributed by atoms with Gasteiger partial charge < -0.3 is 4.90 Å². The van der Waals surface area contributed by atoms with Crippen LogP contribution in [0.25, 0.3) is 5.69 Å². The first kappa shape index (κ1) is 13.8. The van der Waals surface area contributed by atoms with Crippen LogP contribution in [0.15, 0.2) is 36.5 Å². The molecule has 1 aromatic carbocycles. The monoisotopic (exact) mass is 284 g/mol. The number of carbonyl (C=O) groups is 1. The molecule has 1 atom stereocenters. The zero-order chi connectivity index (χ0) is 14.7. The van der Waals surface area contributed by atoms with Crippen molar-refractivity contribution >= 4 is 5.91 Å². The number of aromatic nitrogens is 3. The van der Waals surface area contributed by atoms with E-state index >= 15 is 0 Å². The number of nitrogens with zero attached hydrogens (tertiary/aromatic N) is 4. The number of hydrogen-bond acceptors (Lipinski definition) is 3. The SMILES string of the molecule is C[C@H]1CCCN(C(=O)c2cnn(-c3ccccc3)n2)CC1. The lowest BCUT2D eigenvalue weighted by Gasteiger charge is -2.18. The molecular formula is C16H20N4O. The second-order valence-electron chi connectivity index (χ2n) is 5.68. The molecule has 0 aliphatic carbocycles. The molecule has 1 aliphatic rings. The van der Waals surface area contributed by atoms with E-state index < -0.39 is 0 Å². The van der Waals surface area contributed by atoms with E-state index in [4.69, 9.17) is 0 Å². The van der Waals surface area contributed by atoms with Gasteiger partial charge in [0.25, 0.3) is 5.91 Å². The number of para-hydroxylation sites is 1. The minimum atomic E-state index is -0.00807. The molecule has 1 aromatic heterocycles. The van der Waals surface area contributed by atoms with E-state index in [2.05, 4.69) is 17.1 Å². The highest BCUT2D eigenvalue weighted by atomic mass is 16.2. The standard InChI is InChI=1S/C16H20N4O/c1-13-6-5-10-19(11-9-13)16(21)15-12-17-20(18-15)14-7-3-2-4-8-14/h2-4,7-8,12-13H,5-6,9-11H2,1H3/t13-/m0/s1. The smallest absolute Gasteiger partial charge is 0.276 e. The van der Waals surface area contributed by atoms with Gasteiger partial charge >= 0.3 is 0 Å². The van der Waals surface area contributed by atoms with Crippen LogP contribution in [0.1, 0.15) is 36.7 Å². The fourth-order valence-corrected chi connectivity index (χ4v) is 2.67. The molecule has 5 heteroatoms. The van der Waals surface area contributed by atoms with Gasteiger partial charge in [-0.25, -0.2) is 0 Å². The Balaban J connectivity index is 1.75. The average Bonchev–Trinajstić information content (AvgIpc) is 2.91. The maximum absolute atomic E-state index is 12.5. The largest absolute Gasteiger partial charge is 0.337 e. The van der Waals surface area contributed by atoms with Crippen molar-refractivity contribution in [1.82, 2.24) is 19.9 Å². The summed E-state index contributed by atoms with van der Waals surface area (Å²) in [5, 5.41) is 8.52. The molecule has 21 heavy (non-hydrogen) atoms. The molecule has 2 heterocycles. The van der Waals surface area contributed by atoms with Crippen LogP contribution in [0.2, 0.25) is 0 Å². The zero-order valence-corrected chi connectivity index (χ0v) is 12.3. The Morgan fingerprint density at radius 1 is 1.19 bits per heavy atom. The molecule has 0 spiro atoms. The predicted octanol–water partition coefficient (Wildman–Crippen LogP) is 2.53. The Hall–Kier alpha value is -2.17. The molecular weight excluding hydrogens is 264 g/mol. The Kier molecular flexibility index (Phi) is 3.99. The van der Waals surface area contributed by atoms with Gasteiger partial charge in [-0.3, -0.25) is 4.79 Å². The van der Waals surface area contributed by atoms with Crippen molar-refractivity contribution in [3.8, 4) is 5.69 Å². The van der Waals surface area contributed by atoms with E-state index in [0.29, 0.717) is 11.6 Å². The number of hydrogen-bond donors (Lipinski definition) is 0. The highest BCUT2D eigenvalue weighted by molar-refractivity contribution is 5.91. The first-order chi connectivity index (χ1) is 10.2. The van der Waals surface area contributed by atoms with Gasteiger partial charge in [-0.2, -0.15) is 9.90 Å². The van der Waals surface area contributed by atoms with Crippen LogP contribution in [-0.2, 0) is 0 Å². The minimum Gasteiger partial charge on any atom is -0.337 e. The van der Waals surface area contributed by atoms with Crippen molar-refractivity contribution in [1.29, 1.82) is 0 Å². The zero-order valence-electron chi connectivity index (χ0n) is 12.3. The van der Waals surface area contributed by atoms with Gasteiger partial charge in [0, 0.05) is 13.1 Å². The third-order valence-corrected chi connectivity index (χ3v) is 4.00. The Morgan fingerprint density at radius 2 is 2.00 bits per heavy atom. The lowest BCUT2D eigenvalue weighted by Crippen LogP contribution is -2.32. The number of carbonyl (C=O) groups excluding carboxylic acids is 1. The van der Waals surface area contributed by atoms with Crippen molar-refractivity contribution < 1.29 is 4.79 Å². The topological polar surface area (TPSA) is 51.0 Å². The maximum Gasteiger partial charge on any atom is 0.276 e. The molecule has 110 valence electrons. The second-order valence-corrected chi connectivity index (χ2v) is 5.68. The fraction of sp³-hybridized carbons (Fsp3) is 0.438. The third kappa shape index (κ3) is 3.12. The quantitative estimate of drug-likeness (QED) is 0.851. The molecule has 2 aromatic rings. The molecule has 5 nitrogen and oxygen atoms in total. The van der Waals surface area contributed by atoms with Crippen molar-refractivity contribution in [2.24, 2.45) is 5.92 Å². The Labute approximate surface area is 124 Å². The van der Waals surface area contributed by atoms with Gasteiger partial charge in [0.2, 0.25) is 0 Å². The van der Waals surface area contributed by atoms with Gasteiger partial charge in [0.05, 0.1) is 11.9 Å². The summed E-state index contributed by atoms with van der Waals surface area (Å²) in [5.74, 6) is 0.689. The number of likely N-dealkylation sites (tertiary alicyclic amines) is 1. The molecule has 0 radical (unpaired) electrons. The lowest BCUT2D eigenvalue weighted by molar-refractivity contribution is 0.0754. The summed E-state index contributed by atoms with van der Waals surface area (Å²) in [6, 6.07) is 9.63. The van der Waals surface area contributed by atoms with E-state index in [1.807, 2.05) is 35.2 Å². The van der Waals surface area contributed by atoms with Crippen LogP contribution >= 0.6 is 0 Å². The molecule has 1 amide bonds. The van der Waals surface area contributed by atoms with Crippen molar-refractivity contribution in [3.63, 3.8) is 0 Å². The number of benzene rings is 1. The van der Waals surface area contributed by atoms with Gasteiger partial charge in [-0.1, -0.05) is 25.1 Å². The van der Waals surface area contributed by atoms with Gasteiger partial charge in [-0.15, -0.1) is 5.10 Å². The lowest BCUT2D eigenvalue weighted by atomic mass is 10.0. The van der Waals surface area contributed by atoms with E-state index in [9.17, 15) is 4.79 Å². The second kappa shape index (κ2) is 6.08. The average molecular weight is 284 g/mol. The van der Waals surface area contributed by atoms with Crippen molar-refractivity contribution in [2.75, 3.05) is 13.1 Å². The van der Waals surface area contributed by atoms with Gasteiger partial charge in [0.1, 0.15) is 0 Å². The summed E-state index contributed by atoms with van der Waals surface area (Å²) in [4.78, 5) is 15.9. The fourth-order valence-electron chi connectivity index (χ4n) is 2.67. The molecule has 1 aliphatic heterocycles. The predicted molar refractivity (Wildman–Crippen MR) is 80.3 cm³/mol. The van der Waals surface area contributed by atoms with E-state index in [0.717, 1.165) is 31.6 Å². The summed E-state index contributed by atoms with van der Waals surface area (Å²) in [6.45, 7) is 3.89. The van der Waals surface area contributed by atoms with Crippen LogP contribution in [-0.4, -0.2) is 38.9 Å². The Bertz CT molecular complexity index is 608. The maximum atomic E-state index is 12.5. The number of rotatable bonds is 2. The summed E-state index contributed by atoms with van der Waals surface area (Å²) >= 11 is 0.